The van der Waals surface area contributed by atoms with Crippen LogP contribution in [0.4, 0.5) is 13.2 Å². The second kappa shape index (κ2) is 7.81. The Kier molecular flexibility index (Phi) is 6.19. The molecule has 25 heavy (non-hydrogen) atoms. The van der Waals surface area contributed by atoms with E-state index in [1.54, 1.807) is 0 Å². The summed E-state index contributed by atoms with van der Waals surface area (Å²) in [7, 11) is 0. The molecule has 2 heterocycles. The van der Waals surface area contributed by atoms with E-state index in [1.807, 2.05) is 0 Å². The topological polar surface area (TPSA) is 116 Å². The van der Waals surface area contributed by atoms with Gasteiger partial charge in [0, 0.05) is 6.08 Å². The van der Waals surface area contributed by atoms with Gasteiger partial charge < -0.3 is 29.9 Å². The molecule has 0 spiro atoms. The van der Waals surface area contributed by atoms with Crippen molar-refractivity contribution in [1.82, 2.24) is 0 Å². The molecular weight excluding hydrogens is 369 g/mol. The summed E-state index contributed by atoms with van der Waals surface area (Å²) in [6.07, 6.45) is -13.2. The van der Waals surface area contributed by atoms with Crippen LogP contribution in [0.5, 0.6) is 0 Å². The summed E-state index contributed by atoms with van der Waals surface area (Å²) < 4.78 is 47.7. The van der Waals surface area contributed by atoms with Crippen LogP contribution >= 0.6 is 11.3 Å². The zero-order valence-electron chi connectivity index (χ0n) is 12.5. The maximum Gasteiger partial charge on any atom is 0.454 e. The summed E-state index contributed by atoms with van der Waals surface area (Å²) in [5.41, 5.74) is 0. The number of ketones is 1. The van der Waals surface area contributed by atoms with Gasteiger partial charge in [-0.2, -0.15) is 13.2 Å². The fraction of sp³-hybridized carbons (Fsp3) is 0.500. The number of allylic oxidation sites excluding steroid dienone is 1. The van der Waals surface area contributed by atoms with Crippen molar-refractivity contribution in [1.29, 1.82) is 0 Å². The predicted molar refractivity (Wildman–Crippen MR) is 78.2 cm³/mol. The molecule has 140 valence electrons. The van der Waals surface area contributed by atoms with Gasteiger partial charge in [-0.1, -0.05) is 6.07 Å². The monoisotopic (exact) mass is 384 g/mol. The maximum absolute atomic E-state index is 12.5. The molecule has 1 saturated heterocycles. The molecule has 1 aliphatic rings. The van der Waals surface area contributed by atoms with Gasteiger partial charge in [0.1, 0.15) is 30.2 Å². The van der Waals surface area contributed by atoms with E-state index < -0.39 is 55.0 Å². The number of alkyl halides is 3. The standard InChI is InChI=1S/C14H15F3O7S/c15-14(16,17)9(19)4-6(8-2-1-3-25-8)23-13-12(22)11(21)10(20)7(5-18)24-13/h1-4,7,10-13,18,20-22H,5H2/t7-,10+,11+,12-,13?/m1/s1. The SMILES string of the molecule is O=C(C=C(OC1O[C@H](CO)[C@H](O)[C@H](O)[C@H]1O)c1cccs1)C(F)(F)F. The van der Waals surface area contributed by atoms with Crippen LogP contribution in [0.2, 0.25) is 0 Å². The third-order valence-electron chi connectivity index (χ3n) is 3.40. The molecule has 0 radical (unpaired) electrons. The Morgan fingerprint density at radius 1 is 1.28 bits per heavy atom. The van der Waals surface area contributed by atoms with Crippen LogP contribution < -0.4 is 0 Å². The summed E-state index contributed by atoms with van der Waals surface area (Å²) in [5, 5.41) is 39.9. The number of hydrogen-bond donors (Lipinski definition) is 4. The summed E-state index contributed by atoms with van der Waals surface area (Å²) in [6.45, 7) is -0.732. The third-order valence-corrected chi connectivity index (χ3v) is 4.28. The van der Waals surface area contributed by atoms with Gasteiger partial charge in [0.2, 0.25) is 6.29 Å². The first-order valence-corrected chi connectivity index (χ1v) is 7.87. The number of hydrogen-bond acceptors (Lipinski definition) is 8. The molecule has 0 saturated carbocycles. The van der Waals surface area contributed by atoms with Crippen molar-refractivity contribution in [2.45, 2.75) is 36.9 Å². The number of rotatable bonds is 5. The first-order valence-electron chi connectivity index (χ1n) is 6.99. The summed E-state index contributed by atoms with van der Waals surface area (Å²) in [5.74, 6) is -2.71. The number of halogens is 3. The van der Waals surface area contributed by atoms with Gasteiger partial charge in [-0.05, 0) is 11.4 Å². The highest BCUT2D eigenvalue weighted by Gasteiger charge is 2.45. The van der Waals surface area contributed by atoms with E-state index in [9.17, 15) is 33.3 Å². The second-order valence-electron chi connectivity index (χ2n) is 5.16. The molecule has 0 bridgehead atoms. The highest BCUT2D eigenvalue weighted by molar-refractivity contribution is 7.11. The first-order chi connectivity index (χ1) is 11.6. The van der Waals surface area contributed by atoms with E-state index in [2.05, 4.69) is 0 Å². The lowest BCUT2D eigenvalue weighted by atomic mass is 9.99. The number of aliphatic hydroxyl groups is 4. The Bertz CT molecular complexity index is 614. The summed E-state index contributed by atoms with van der Waals surface area (Å²) in [6, 6.07) is 2.88. The average Bonchev–Trinajstić information content (AvgIpc) is 3.07. The van der Waals surface area contributed by atoms with Crippen molar-refractivity contribution in [3.05, 3.63) is 28.5 Å². The minimum absolute atomic E-state index is 0.148. The molecule has 5 atom stereocenters. The zero-order chi connectivity index (χ0) is 18.8. The van der Waals surface area contributed by atoms with Crippen LogP contribution in [0.1, 0.15) is 4.88 Å². The molecule has 1 aliphatic heterocycles. The molecule has 2 rings (SSSR count). The highest BCUT2D eigenvalue weighted by Crippen LogP contribution is 2.30. The van der Waals surface area contributed by atoms with Crippen molar-refractivity contribution in [3.8, 4) is 0 Å². The lowest BCUT2D eigenvalue weighted by Gasteiger charge is -2.39. The molecule has 4 N–H and O–H groups in total. The zero-order valence-corrected chi connectivity index (χ0v) is 13.3. The van der Waals surface area contributed by atoms with Gasteiger partial charge in [-0.3, -0.25) is 4.79 Å². The lowest BCUT2D eigenvalue weighted by molar-refractivity contribution is -0.284. The Labute approximate surface area is 143 Å². The summed E-state index contributed by atoms with van der Waals surface area (Å²) in [4.78, 5) is 11.4. The molecule has 1 unspecified atom stereocenters. The number of aliphatic hydroxyl groups excluding tert-OH is 4. The van der Waals surface area contributed by atoms with E-state index in [-0.39, 0.29) is 11.0 Å². The Morgan fingerprint density at radius 3 is 2.48 bits per heavy atom. The first kappa shape index (κ1) is 19.8. The highest BCUT2D eigenvalue weighted by atomic mass is 32.1. The Balaban J connectivity index is 2.28. The van der Waals surface area contributed by atoms with Gasteiger partial charge in [0.15, 0.2) is 0 Å². The van der Waals surface area contributed by atoms with Gasteiger partial charge in [-0.25, -0.2) is 0 Å². The minimum Gasteiger partial charge on any atom is -0.460 e. The minimum atomic E-state index is -5.12. The van der Waals surface area contributed by atoms with Crippen molar-refractivity contribution in [2.24, 2.45) is 0 Å². The third kappa shape index (κ3) is 4.57. The molecule has 7 nitrogen and oxygen atoms in total. The molecule has 1 aromatic rings. The second-order valence-corrected chi connectivity index (χ2v) is 6.11. The molecule has 1 fully saturated rings. The fourth-order valence-electron chi connectivity index (χ4n) is 2.07. The van der Waals surface area contributed by atoms with E-state index >= 15 is 0 Å². The number of thiophene rings is 1. The number of carbonyl (C=O) groups is 1. The van der Waals surface area contributed by atoms with E-state index in [0.29, 0.717) is 0 Å². The van der Waals surface area contributed by atoms with Crippen molar-refractivity contribution < 1.29 is 47.9 Å². The molecule has 0 aromatic carbocycles. The Hall–Kier alpha value is -1.50. The van der Waals surface area contributed by atoms with Crippen LogP contribution in [0.3, 0.4) is 0 Å². The largest absolute Gasteiger partial charge is 0.460 e. The molecule has 0 amide bonds. The average molecular weight is 384 g/mol. The van der Waals surface area contributed by atoms with Gasteiger partial charge in [0.25, 0.3) is 5.78 Å². The fourth-order valence-corrected chi connectivity index (χ4v) is 2.76. The Morgan fingerprint density at radius 2 is 1.96 bits per heavy atom. The van der Waals surface area contributed by atoms with Crippen LogP contribution in [0, 0.1) is 0 Å². The van der Waals surface area contributed by atoms with Crippen molar-refractivity contribution >= 4 is 22.9 Å². The van der Waals surface area contributed by atoms with E-state index in [1.165, 1.54) is 17.5 Å². The normalized spacial score (nSPS) is 31.0. The van der Waals surface area contributed by atoms with Gasteiger partial charge in [0.05, 0.1) is 11.5 Å². The molecule has 11 heteroatoms. The van der Waals surface area contributed by atoms with Crippen molar-refractivity contribution in [3.63, 3.8) is 0 Å². The number of carbonyl (C=O) groups excluding carboxylic acids is 1. The van der Waals surface area contributed by atoms with Crippen LogP contribution in [-0.2, 0) is 14.3 Å². The maximum atomic E-state index is 12.5. The molecule has 1 aromatic heterocycles. The molecule has 0 aliphatic carbocycles. The summed E-state index contributed by atoms with van der Waals surface area (Å²) >= 11 is 0.970. The van der Waals surface area contributed by atoms with Gasteiger partial charge >= 0.3 is 6.18 Å². The predicted octanol–water partition coefficient (Wildman–Crippen LogP) is 0.0369. The lowest BCUT2D eigenvalue weighted by Crippen LogP contribution is -2.59. The smallest absolute Gasteiger partial charge is 0.454 e. The quantitative estimate of drug-likeness (QED) is 0.418. The van der Waals surface area contributed by atoms with Crippen LogP contribution in [0.15, 0.2) is 23.6 Å². The van der Waals surface area contributed by atoms with Crippen LogP contribution in [0.25, 0.3) is 5.76 Å². The number of ether oxygens (including phenoxy) is 2. The van der Waals surface area contributed by atoms with E-state index in [4.69, 9.17) is 14.6 Å². The van der Waals surface area contributed by atoms with Crippen molar-refractivity contribution in [2.75, 3.05) is 6.61 Å². The molecular formula is C14H15F3O7S. The van der Waals surface area contributed by atoms with E-state index in [0.717, 1.165) is 11.3 Å². The van der Waals surface area contributed by atoms with Crippen LogP contribution in [-0.4, -0.2) is 69.7 Å². The van der Waals surface area contributed by atoms with Gasteiger partial charge in [-0.15, -0.1) is 11.3 Å².